The lowest BCUT2D eigenvalue weighted by Gasteiger charge is -2.23. The standard InChI is InChI=1S/C16H24N2O2.ClH/c1-12-3-4-15(11-13(12)2)20-10-7-16(19)18-14-5-8-17-9-6-14;/h3-4,11,14,17H,5-10H2,1-2H3,(H,18,19);1H. The highest BCUT2D eigenvalue weighted by Gasteiger charge is 2.14. The minimum atomic E-state index is 0. The van der Waals surface area contributed by atoms with E-state index in [0.29, 0.717) is 19.1 Å². The van der Waals surface area contributed by atoms with Crippen LogP contribution in [0.1, 0.15) is 30.4 Å². The number of benzene rings is 1. The van der Waals surface area contributed by atoms with Crippen LogP contribution in [0.3, 0.4) is 0 Å². The quantitative estimate of drug-likeness (QED) is 0.877. The number of carbonyl (C=O) groups is 1. The minimum Gasteiger partial charge on any atom is -0.493 e. The van der Waals surface area contributed by atoms with Crippen molar-refractivity contribution in [2.75, 3.05) is 19.7 Å². The summed E-state index contributed by atoms with van der Waals surface area (Å²) in [5.41, 5.74) is 2.46. The maximum Gasteiger partial charge on any atom is 0.223 e. The first-order valence-electron chi connectivity index (χ1n) is 7.35. The van der Waals surface area contributed by atoms with E-state index in [-0.39, 0.29) is 18.3 Å². The number of piperidine rings is 1. The zero-order valence-corrected chi connectivity index (χ0v) is 13.6. The van der Waals surface area contributed by atoms with Crippen LogP contribution in [0.4, 0.5) is 0 Å². The number of ether oxygens (including phenoxy) is 1. The van der Waals surface area contributed by atoms with Gasteiger partial charge in [-0.25, -0.2) is 0 Å². The van der Waals surface area contributed by atoms with Crippen LogP contribution in [0.25, 0.3) is 0 Å². The second kappa shape index (κ2) is 8.90. The molecule has 0 spiro atoms. The van der Waals surface area contributed by atoms with Gasteiger partial charge in [-0.2, -0.15) is 0 Å². The van der Waals surface area contributed by atoms with Gasteiger partial charge in [0.2, 0.25) is 5.91 Å². The second-order valence-electron chi connectivity index (χ2n) is 5.44. The van der Waals surface area contributed by atoms with Crippen LogP contribution < -0.4 is 15.4 Å². The first-order chi connectivity index (χ1) is 9.65. The van der Waals surface area contributed by atoms with Crippen molar-refractivity contribution in [1.29, 1.82) is 0 Å². The molecule has 2 N–H and O–H groups in total. The third kappa shape index (κ3) is 5.94. The van der Waals surface area contributed by atoms with E-state index in [0.717, 1.165) is 31.7 Å². The normalized spacial score (nSPS) is 15.1. The minimum absolute atomic E-state index is 0. The topological polar surface area (TPSA) is 50.4 Å². The molecule has 1 aromatic carbocycles. The Hall–Kier alpha value is -1.26. The van der Waals surface area contributed by atoms with Gasteiger partial charge in [-0.05, 0) is 63.0 Å². The number of hydrogen-bond donors (Lipinski definition) is 2. The van der Waals surface area contributed by atoms with E-state index in [1.54, 1.807) is 0 Å². The molecular weight excluding hydrogens is 288 g/mol. The summed E-state index contributed by atoms with van der Waals surface area (Å²) in [6, 6.07) is 6.33. The van der Waals surface area contributed by atoms with Crippen molar-refractivity contribution in [3.63, 3.8) is 0 Å². The lowest BCUT2D eigenvalue weighted by Crippen LogP contribution is -2.43. The molecule has 1 aliphatic rings. The van der Waals surface area contributed by atoms with Gasteiger partial charge in [0.1, 0.15) is 5.75 Å². The molecular formula is C16H25ClN2O2. The fourth-order valence-corrected chi connectivity index (χ4v) is 2.33. The highest BCUT2D eigenvalue weighted by molar-refractivity contribution is 5.85. The number of carbonyl (C=O) groups excluding carboxylic acids is 1. The molecule has 2 rings (SSSR count). The summed E-state index contributed by atoms with van der Waals surface area (Å²) < 4.78 is 5.63. The van der Waals surface area contributed by atoms with Crippen molar-refractivity contribution in [1.82, 2.24) is 10.6 Å². The van der Waals surface area contributed by atoms with Gasteiger partial charge in [-0.3, -0.25) is 4.79 Å². The number of rotatable bonds is 5. The molecule has 0 aliphatic carbocycles. The largest absolute Gasteiger partial charge is 0.493 e. The van der Waals surface area contributed by atoms with E-state index in [4.69, 9.17) is 4.74 Å². The van der Waals surface area contributed by atoms with Crippen LogP contribution in [0.15, 0.2) is 18.2 Å². The molecule has 1 aliphatic heterocycles. The van der Waals surface area contributed by atoms with E-state index >= 15 is 0 Å². The molecule has 1 aromatic rings. The van der Waals surface area contributed by atoms with Gasteiger partial charge in [0, 0.05) is 6.04 Å². The van der Waals surface area contributed by atoms with Gasteiger partial charge >= 0.3 is 0 Å². The number of halogens is 1. The third-order valence-electron chi connectivity index (χ3n) is 3.78. The summed E-state index contributed by atoms with van der Waals surface area (Å²) in [4.78, 5) is 11.8. The van der Waals surface area contributed by atoms with E-state index in [1.807, 2.05) is 18.2 Å². The summed E-state index contributed by atoms with van der Waals surface area (Å²) in [5.74, 6) is 0.920. The monoisotopic (exact) mass is 312 g/mol. The summed E-state index contributed by atoms with van der Waals surface area (Å²) in [6.45, 7) is 6.55. The van der Waals surface area contributed by atoms with Gasteiger partial charge in [0.25, 0.3) is 0 Å². The van der Waals surface area contributed by atoms with Crippen LogP contribution in [0, 0.1) is 13.8 Å². The maximum atomic E-state index is 11.8. The Morgan fingerprint density at radius 3 is 2.67 bits per heavy atom. The number of hydrogen-bond acceptors (Lipinski definition) is 3. The first kappa shape index (κ1) is 17.8. The van der Waals surface area contributed by atoms with Crippen LogP contribution in [-0.4, -0.2) is 31.6 Å². The molecule has 4 nitrogen and oxygen atoms in total. The van der Waals surface area contributed by atoms with Crippen LogP contribution in [-0.2, 0) is 4.79 Å². The van der Waals surface area contributed by atoms with Gasteiger partial charge in [-0.1, -0.05) is 6.07 Å². The average Bonchev–Trinajstić information content (AvgIpc) is 2.44. The molecule has 21 heavy (non-hydrogen) atoms. The Labute approximate surface area is 133 Å². The Morgan fingerprint density at radius 1 is 1.29 bits per heavy atom. The molecule has 5 heteroatoms. The van der Waals surface area contributed by atoms with E-state index < -0.39 is 0 Å². The van der Waals surface area contributed by atoms with Crippen molar-refractivity contribution in [3.05, 3.63) is 29.3 Å². The Balaban J connectivity index is 0.00000220. The zero-order chi connectivity index (χ0) is 14.4. The predicted octanol–water partition coefficient (Wildman–Crippen LogP) is 2.36. The molecule has 0 radical (unpaired) electrons. The van der Waals surface area contributed by atoms with Crippen molar-refractivity contribution >= 4 is 18.3 Å². The lowest BCUT2D eigenvalue weighted by molar-refractivity contribution is -0.122. The average molecular weight is 313 g/mol. The smallest absolute Gasteiger partial charge is 0.223 e. The molecule has 0 aromatic heterocycles. The van der Waals surface area contributed by atoms with Gasteiger partial charge in [0.05, 0.1) is 13.0 Å². The van der Waals surface area contributed by atoms with Crippen molar-refractivity contribution in [2.45, 2.75) is 39.2 Å². The van der Waals surface area contributed by atoms with Gasteiger partial charge in [-0.15, -0.1) is 12.4 Å². The van der Waals surface area contributed by atoms with Crippen LogP contribution in [0.5, 0.6) is 5.75 Å². The molecule has 118 valence electrons. The van der Waals surface area contributed by atoms with E-state index in [2.05, 4.69) is 24.5 Å². The Bertz CT molecular complexity index is 460. The summed E-state index contributed by atoms with van der Waals surface area (Å²) in [6.07, 6.45) is 2.45. The highest BCUT2D eigenvalue weighted by Crippen LogP contribution is 2.16. The van der Waals surface area contributed by atoms with Crippen molar-refractivity contribution in [2.24, 2.45) is 0 Å². The number of amides is 1. The summed E-state index contributed by atoms with van der Waals surface area (Å²) in [7, 11) is 0. The van der Waals surface area contributed by atoms with Crippen molar-refractivity contribution in [3.8, 4) is 5.75 Å². The van der Waals surface area contributed by atoms with Crippen LogP contribution >= 0.6 is 12.4 Å². The maximum absolute atomic E-state index is 11.8. The summed E-state index contributed by atoms with van der Waals surface area (Å²) in [5, 5.41) is 6.35. The predicted molar refractivity (Wildman–Crippen MR) is 87.3 cm³/mol. The Morgan fingerprint density at radius 2 is 2.00 bits per heavy atom. The van der Waals surface area contributed by atoms with E-state index in [1.165, 1.54) is 11.1 Å². The van der Waals surface area contributed by atoms with Crippen LogP contribution in [0.2, 0.25) is 0 Å². The molecule has 0 saturated carbocycles. The molecule has 0 unspecified atom stereocenters. The van der Waals surface area contributed by atoms with Gasteiger partial charge < -0.3 is 15.4 Å². The first-order valence-corrected chi connectivity index (χ1v) is 7.35. The third-order valence-corrected chi connectivity index (χ3v) is 3.78. The zero-order valence-electron chi connectivity index (χ0n) is 12.8. The molecule has 0 bridgehead atoms. The SMILES string of the molecule is Cc1ccc(OCCC(=O)NC2CCNCC2)cc1C.Cl. The van der Waals surface area contributed by atoms with Crippen molar-refractivity contribution < 1.29 is 9.53 Å². The number of nitrogens with one attached hydrogen (secondary N) is 2. The fourth-order valence-electron chi connectivity index (χ4n) is 2.33. The van der Waals surface area contributed by atoms with E-state index in [9.17, 15) is 4.79 Å². The molecule has 1 heterocycles. The highest BCUT2D eigenvalue weighted by atomic mass is 35.5. The van der Waals surface area contributed by atoms with Gasteiger partial charge in [0.15, 0.2) is 0 Å². The molecule has 1 amide bonds. The lowest BCUT2D eigenvalue weighted by atomic mass is 10.1. The fraction of sp³-hybridized carbons (Fsp3) is 0.562. The molecule has 0 atom stereocenters. The number of aryl methyl sites for hydroxylation is 2. The Kier molecular flexibility index (Phi) is 7.54. The second-order valence-corrected chi connectivity index (χ2v) is 5.44. The molecule has 1 saturated heterocycles. The molecule has 1 fully saturated rings. The summed E-state index contributed by atoms with van der Waals surface area (Å²) >= 11 is 0.